The van der Waals surface area contributed by atoms with Crippen molar-refractivity contribution in [3.05, 3.63) is 58.1 Å². The van der Waals surface area contributed by atoms with Crippen molar-refractivity contribution in [2.75, 3.05) is 5.32 Å². The van der Waals surface area contributed by atoms with Crippen molar-refractivity contribution in [1.29, 1.82) is 0 Å². The van der Waals surface area contributed by atoms with Crippen molar-refractivity contribution in [2.45, 2.75) is 27.2 Å². The quantitative estimate of drug-likeness (QED) is 0.799. The molecule has 3 aromatic rings. The predicted octanol–water partition coefficient (Wildman–Crippen LogP) is 3.44. The molecule has 0 aliphatic heterocycles. The number of nitrogens with zero attached hydrogens (tertiary/aromatic N) is 3. The smallest absolute Gasteiger partial charge is 0.229 e. The van der Waals surface area contributed by atoms with E-state index in [2.05, 4.69) is 15.3 Å². The highest BCUT2D eigenvalue weighted by Gasteiger charge is 2.08. The number of aromatic nitrogens is 3. The molecule has 118 valence electrons. The van der Waals surface area contributed by atoms with E-state index in [-0.39, 0.29) is 5.91 Å². The third kappa shape index (κ3) is 3.48. The van der Waals surface area contributed by atoms with Crippen LogP contribution in [-0.4, -0.2) is 20.4 Å². The second kappa shape index (κ2) is 6.34. The van der Waals surface area contributed by atoms with E-state index in [0.29, 0.717) is 6.42 Å². The molecule has 0 fully saturated rings. The molecule has 0 saturated carbocycles. The maximum Gasteiger partial charge on any atom is 0.229 e. The van der Waals surface area contributed by atoms with Crippen LogP contribution in [0.2, 0.25) is 0 Å². The molecule has 0 saturated heterocycles. The highest BCUT2D eigenvalue weighted by atomic mass is 32.1. The van der Waals surface area contributed by atoms with Gasteiger partial charge < -0.3 is 9.88 Å². The monoisotopic (exact) mass is 326 g/mol. The zero-order valence-corrected chi connectivity index (χ0v) is 14.1. The van der Waals surface area contributed by atoms with Crippen LogP contribution >= 0.6 is 11.3 Å². The van der Waals surface area contributed by atoms with Crippen molar-refractivity contribution < 1.29 is 4.79 Å². The Morgan fingerprint density at radius 2 is 1.91 bits per heavy atom. The Labute approximate surface area is 139 Å². The van der Waals surface area contributed by atoms with Crippen molar-refractivity contribution in [3.63, 3.8) is 0 Å². The maximum atomic E-state index is 12.1. The number of imidazole rings is 1. The zero-order chi connectivity index (χ0) is 16.4. The van der Waals surface area contributed by atoms with Crippen LogP contribution in [0.15, 0.2) is 36.8 Å². The second-order valence-electron chi connectivity index (χ2n) is 5.40. The van der Waals surface area contributed by atoms with Crippen molar-refractivity contribution in [3.8, 4) is 5.69 Å². The standard InChI is InChI=1S/C17H18N4OS/c1-11-12(2)21(10-19-11)15-6-4-14(5-7-15)20-17(22)8-16-9-18-13(3)23-16/h4-7,9-10H,8H2,1-3H3,(H,20,22). The molecule has 3 rings (SSSR count). The van der Waals surface area contributed by atoms with Crippen LogP contribution < -0.4 is 5.32 Å². The highest BCUT2D eigenvalue weighted by Crippen LogP contribution is 2.17. The van der Waals surface area contributed by atoms with E-state index in [1.807, 2.05) is 55.9 Å². The summed E-state index contributed by atoms with van der Waals surface area (Å²) in [6, 6.07) is 7.75. The Hall–Kier alpha value is -2.47. The zero-order valence-electron chi connectivity index (χ0n) is 13.3. The van der Waals surface area contributed by atoms with Gasteiger partial charge in [-0.2, -0.15) is 0 Å². The number of nitrogens with one attached hydrogen (secondary N) is 1. The molecule has 0 spiro atoms. The number of aryl methyl sites for hydroxylation is 2. The first-order valence-corrected chi connectivity index (χ1v) is 8.17. The molecule has 1 amide bonds. The first kappa shape index (κ1) is 15.4. The average molecular weight is 326 g/mol. The normalized spacial score (nSPS) is 10.7. The number of carbonyl (C=O) groups excluding carboxylic acids is 1. The van der Waals surface area contributed by atoms with Crippen molar-refractivity contribution in [2.24, 2.45) is 0 Å². The minimum Gasteiger partial charge on any atom is -0.326 e. The Morgan fingerprint density at radius 1 is 1.17 bits per heavy atom. The summed E-state index contributed by atoms with van der Waals surface area (Å²) in [6.07, 6.45) is 3.92. The van der Waals surface area contributed by atoms with Gasteiger partial charge in [-0.15, -0.1) is 11.3 Å². The Kier molecular flexibility index (Phi) is 4.25. The second-order valence-corrected chi connectivity index (χ2v) is 6.72. The van der Waals surface area contributed by atoms with Gasteiger partial charge in [0, 0.05) is 28.1 Å². The van der Waals surface area contributed by atoms with Crippen LogP contribution in [0.3, 0.4) is 0 Å². The fourth-order valence-electron chi connectivity index (χ4n) is 2.31. The van der Waals surface area contributed by atoms with Gasteiger partial charge in [0.15, 0.2) is 0 Å². The Balaban J connectivity index is 1.67. The average Bonchev–Trinajstić information content (AvgIpc) is 3.07. The van der Waals surface area contributed by atoms with Gasteiger partial charge in [0.25, 0.3) is 0 Å². The summed E-state index contributed by atoms with van der Waals surface area (Å²) < 4.78 is 2.03. The van der Waals surface area contributed by atoms with E-state index in [1.165, 1.54) is 0 Å². The molecular formula is C17H18N4OS. The molecule has 0 atom stereocenters. The molecule has 5 nitrogen and oxygen atoms in total. The van der Waals surface area contributed by atoms with Gasteiger partial charge in [0.2, 0.25) is 5.91 Å². The summed E-state index contributed by atoms with van der Waals surface area (Å²) in [6.45, 7) is 5.96. The fourth-order valence-corrected chi connectivity index (χ4v) is 3.11. The Bertz CT molecular complexity index is 833. The lowest BCUT2D eigenvalue weighted by Crippen LogP contribution is -2.13. The lowest BCUT2D eigenvalue weighted by atomic mass is 10.2. The molecule has 0 radical (unpaired) electrons. The largest absolute Gasteiger partial charge is 0.326 e. The summed E-state index contributed by atoms with van der Waals surface area (Å²) in [7, 11) is 0. The lowest BCUT2D eigenvalue weighted by molar-refractivity contribution is -0.115. The van der Waals surface area contributed by atoms with Gasteiger partial charge in [-0.3, -0.25) is 4.79 Å². The van der Waals surface area contributed by atoms with E-state index in [1.54, 1.807) is 17.5 Å². The maximum absolute atomic E-state index is 12.1. The molecule has 2 heterocycles. The van der Waals surface area contributed by atoms with E-state index >= 15 is 0 Å². The van der Waals surface area contributed by atoms with Crippen LogP contribution in [0.25, 0.3) is 5.69 Å². The Morgan fingerprint density at radius 3 is 2.48 bits per heavy atom. The summed E-state index contributed by atoms with van der Waals surface area (Å²) in [5, 5.41) is 3.89. The third-order valence-electron chi connectivity index (χ3n) is 3.68. The third-order valence-corrected chi connectivity index (χ3v) is 4.60. The summed E-state index contributed by atoms with van der Waals surface area (Å²) in [5.41, 5.74) is 3.94. The predicted molar refractivity (Wildman–Crippen MR) is 92.2 cm³/mol. The fraction of sp³-hybridized carbons (Fsp3) is 0.235. The first-order valence-electron chi connectivity index (χ1n) is 7.35. The number of rotatable bonds is 4. The van der Waals surface area contributed by atoms with E-state index in [4.69, 9.17) is 0 Å². The number of thiazole rings is 1. The number of carbonyl (C=O) groups is 1. The van der Waals surface area contributed by atoms with Crippen LogP contribution in [0.4, 0.5) is 5.69 Å². The molecule has 2 aromatic heterocycles. The molecule has 0 bridgehead atoms. The van der Waals surface area contributed by atoms with E-state index in [9.17, 15) is 4.79 Å². The molecule has 0 unspecified atom stereocenters. The number of anilines is 1. The van der Waals surface area contributed by atoms with Crippen LogP contribution in [0, 0.1) is 20.8 Å². The van der Waals surface area contributed by atoms with Gasteiger partial charge in [-0.05, 0) is 45.0 Å². The molecular weight excluding hydrogens is 308 g/mol. The lowest BCUT2D eigenvalue weighted by Gasteiger charge is -2.08. The molecule has 23 heavy (non-hydrogen) atoms. The summed E-state index contributed by atoms with van der Waals surface area (Å²) in [5.74, 6) is -0.0314. The topological polar surface area (TPSA) is 59.8 Å². The van der Waals surface area contributed by atoms with Crippen LogP contribution in [0.5, 0.6) is 0 Å². The highest BCUT2D eigenvalue weighted by molar-refractivity contribution is 7.11. The minimum atomic E-state index is -0.0314. The molecule has 0 aliphatic rings. The number of benzene rings is 1. The molecule has 0 aliphatic carbocycles. The van der Waals surface area contributed by atoms with Crippen LogP contribution in [-0.2, 0) is 11.2 Å². The van der Waals surface area contributed by atoms with Gasteiger partial charge in [0.1, 0.15) is 0 Å². The van der Waals surface area contributed by atoms with Gasteiger partial charge in [-0.1, -0.05) is 0 Å². The first-order chi connectivity index (χ1) is 11.0. The summed E-state index contributed by atoms with van der Waals surface area (Å²) in [4.78, 5) is 21.5. The minimum absolute atomic E-state index is 0.0314. The van der Waals surface area contributed by atoms with E-state index < -0.39 is 0 Å². The van der Waals surface area contributed by atoms with Crippen molar-refractivity contribution in [1.82, 2.24) is 14.5 Å². The number of amides is 1. The summed E-state index contributed by atoms with van der Waals surface area (Å²) >= 11 is 1.55. The number of hydrogen-bond acceptors (Lipinski definition) is 4. The molecule has 1 N–H and O–H groups in total. The van der Waals surface area contributed by atoms with Gasteiger partial charge >= 0.3 is 0 Å². The van der Waals surface area contributed by atoms with Gasteiger partial charge in [0.05, 0.1) is 23.4 Å². The molecule has 6 heteroatoms. The SMILES string of the molecule is Cc1ncc(CC(=O)Nc2ccc(-n3cnc(C)c3C)cc2)s1. The van der Waals surface area contributed by atoms with Crippen LogP contribution in [0.1, 0.15) is 21.3 Å². The van der Waals surface area contributed by atoms with Crippen molar-refractivity contribution >= 4 is 22.9 Å². The number of hydrogen-bond donors (Lipinski definition) is 1. The van der Waals surface area contributed by atoms with E-state index in [0.717, 1.165) is 32.6 Å². The van der Waals surface area contributed by atoms with Gasteiger partial charge in [-0.25, -0.2) is 9.97 Å². The molecule has 1 aromatic carbocycles.